The summed E-state index contributed by atoms with van der Waals surface area (Å²) in [4.78, 5) is 1.71. The van der Waals surface area contributed by atoms with Gasteiger partial charge in [0.05, 0.1) is 5.56 Å². The normalized spacial score (nSPS) is 16.3. The molecule has 0 bridgehead atoms. The van der Waals surface area contributed by atoms with E-state index in [2.05, 4.69) is 0 Å². The van der Waals surface area contributed by atoms with Crippen LogP contribution in [0.15, 0.2) is 18.2 Å². The van der Waals surface area contributed by atoms with Gasteiger partial charge >= 0.3 is 6.18 Å². The molecule has 0 N–H and O–H groups in total. The molecule has 5 heteroatoms. The third kappa shape index (κ3) is 3.35. The van der Waals surface area contributed by atoms with Crippen molar-refractivity contribution in [1.82, 2.24) is 0 Å². The van der Waals surface area contributed by atoms with Crippen molar-refractivity contribution in [2.24, 2.45) is 5.92 Å². The second-order valence-corrected chi connectivity index (χ2v) is 5.43. The molecule has 0 aromatic heterocycles. The first-order valence-electron chi connectivity index (χ1n) is 6.39. The van der Waals surface area contributed by atoms with Crippen LogP contribution >= 0.6 is 11.6 Å². The summed E-state index contributed by atoms with van der Waals surface area (Å²) in [5.74, 6) is 0.620. The van der Waals surface area contributed by atoms with Gasteiger partial charge < -0.3 is 4.90 Å². The van der Waals surface area contributed by atoms with Crippen LogP contribution in [-0.2, 0) is 12.1 Å². The molecule has 0 unspecified atom stereocenters. The number of benzene rings is 1. The number of hydrogen-bond acceptors (Lipinski definition) is 1. The molecule has 0 amide bonds. The van der Waals surface area contributed by atoms with Gasteiger partial charge in [0, 0.05) is 25.2 Å². The highest BCUT2D eigenvalue weighted by atomic mass is 35.5. The van der Waals surface area contributed by atoms with E-state index in [-0.39, 0.29) is 11.6 Å². The van der Waals surface area contributed by atoms with Gasteiger partial charge in [-0.05, 0) is 36.5 Å². The largest absolute Gasteiger partial charge is 0.418 e. The topological polar surface area (TPSA) is 3.24 Å². The van der Waals surface area contributed by atoms with Gasteiger partial charge in [-0.15, -0.1) is 11.6 Å². The molecule has 1 aromatic rings. The van der Waals surface area contributed by atoms with E-state index >= 15 is 0 Å². The average molecular weight is 292 g/mol. The van der Waals surface area contributed by atoms with E-state index in [1.54, 1.807) is 18.0 Å². The van der Waals surface area contributed by atoms with Crippen LogP contribution < -0.4 is 4.90 Å². The van der Waals surface area contributed by atoms with Gasteiger partial charge in [-0.2, -0.15) is 13.2 Å². The maximum Gasteiger partial charge on any atom is 0.418 e. The minimum absolute atomic E-state index is 0.0930. The van der Waals surface area contributed by atoms with Crippen molar-refractivity contribution in [3.63, 3.8) is 0 Å². The quantitative estimate of drug-likeness (QED) is 0.728. The van der Waals surface area contributed by atoms with E-state index < -0.39 is 11.7 Å². The highest BCUT2D eigenvalue weighted by molar-refractivity contribution is 6.17. The number of halogens is 4. The second kappa shape index (κ2) is 5.61. The van der Waals surface area contributed by atoms with Gasteiger partial charge in [0.25, 0.3) is 0 Å². The monoisotopic (exact) mass is 291 g/mol. The maximum absolute atomic E-state index is 13.1. The number of hydrogen-bond donors (Lipinski definition) is 0. The molecule has 0 saturated heterocycles. The van der Waals surface area contributed by atoms with Crippen LogP contribution in [0.25, 0.3) is 0 Å². The molecule has 1 fully saturated rings. The molecule has 1 aliphatic rings. The Kier molecular flexibility index (Phi) is 4.29. The van der Waals surface area contributed by atoms with E-state index in [0.717, 1.165) is 18.9 Å². The van der Waals surface area contributed by atoms with Crippen molar-refractivity contribution in [2.75, 3.05) is 18.5 Å². The molecule has 0 aliphatic heterocycles. The number of rotatable bonds is 4. The second-order valence-electron chi connectivity index (χ2n) is 5.16. The molecule has 0 radical (unpaired) electrons. The van der Waals surface area contributed by atoms with Gasteiger partial charge in [0.15, 0.2) is 0 Å². The van der Waals surface area contributed by atoms with Crippen LogP contribution in [0.4, 0.5) is 18.9 Å². The predicted octanol–water partition coefficient (Wildman–Crippen LogP) is 4.68. The lowest BCUT2D eigenvalue weighted by molar-refractivity contribution is -0.137. The molecule has 1 aliphatic carbocycles. The summed E-state index contributed by atoms with van der Waals surface area (Å²) >= 11 is 5.62. The molecular formula is C14H17ClF3N. The zero-order valence-corrected chi connectivity index (χ0v) is 11.6. The summed E-state index contributed by atoms with van der Waals surface area (Å²) < 4.78 is 39.3. The molecule has 106 valence electrons. The fourth-order valence-corrected chi connectivity index (χ4v) is 2.55. The molecule has 1 aromatic carbocycles. The fraction of sp³-hybridized carbons (Fsp3) is 0.571. The van der Waals surface area contributed by atoms with Crippen molar-refractivity contribution in [3.05, 3.63) is 29.3 Å². The molecular weight excluding hydrogens is 275 g/mol. The summed E-state index contributed by atoms with van der Waals surface area (Å²) in [6.45, 7) is 0.684. The Labute approximate surface area is 116 Å². The lowest BCUT2D eigenvalue weighted by atomic mass is 9.85. The summed E-state index contributed by atoms with van der Waals surface area (Å²) in [7, 11) is 1.73. The van der Waals surface area contributed by atoms with Crippen LogP contribution in [-0.4, -0.2) is 13.6 Å². The summed E-state index contributed by atoms with van der Waals surface area (Å²) in [6, 6.07) is 4.34. The molecule has 0 atom stereocenters. The standard InChI is InChI=1S/C14H17ClF3N/c1-19(9-10-3-2-4-10)13-6-5-11(8-15)7-12(13)14(16,17)18/h5-7,10H,2-4,8-9H2,1H3. The molecule has 19 heavy (non-hydrogen) atoms. The third-order valence-electron chi connectivity index (χ3n) is 3.69. The first-order valence-corrected chi connectivity index (χ1v) is 6.92. The summed E-state index contributed by atoms with van der Waals surface area (Å²) in [5.41, 5.74) is 0.149. The highest BCUT2D eigenvalue weighted by Crippen LogP contribution is 2.38. The molecule has 0 spiro atoms. The van der Waals surface area contributed by atoms with Crippen molar-refractivity contribution < 1.29 is 13.2 Å². The Balaban J connectivity index is 2.26. The van der Waals surface area contributed by atoms with Gasteiger partial charge in [-0.25, -0.2) is 0 Å². The molecule has 0 heterocycles. The zero-order valence-electron chi connectivity index (χ0n) is 10.8. The van der Waals surface area contributed by atoms with E-state index in [9.17, 15) is 13.2 Å². The lowest BCUT2D eigenvalue weighted by Gasteiger charge is -2.32. The smallest absolute Gasteiger partial charge is 0.374 e. The van der Waals surface area contributed by atoms with Crippen LogP contribution in [0.3, 0.4) is 0 Å². The van der Waals surface area contributed by atoms with Gasteiger partial charge in [-0.1, -0.05) is 12.5 Å². The average Bonchev–Trinajstić information content (AvgIpc) is 2.31. The summed E-state index contributed by atoms with van der Waals surface area (Å²) in [6.07, 6.45) is -0.919. The van der Waals surface area contributed by atoms with Crippen LogP contribution in [0.1, 0.15) is 30.4 Å². The van der Waals surface area contributed by atoms with Crippen LogP contribution in [0.2, 0.25) is 0 Å². The van der Waals surface area contributed by atoms with Crippen molar-refractivity contribution in [1.29, 1.82) is 0 Å². The van der Waals surface area contributed by atoms with E-state index in [1.807, 2.05) is 0 Å². The van der Waals surface area contributed by atoms with Gasteiger partial charge in [-0.3, -0.25) is 0 Å². The van der Waals surface area contributed by atoms with Crippen LogP contribution in [0, 0.1) is 5.92 Å². The van der Waals surface area contributed by atoms with E-state index in [0.29, 0.717) is 18.0 Å². The van der Waals surface area contributed by atoms with Gasteiger partial charge in [0.2, 0.25) is 0 Å². The van der Waals surface area contributed by atoms with Crippen molar-refractivity contribution in [2.45, 2.75) is 31.3 Å². The van der Waals surface area contributed by atoms with Gasteiger partial charge in [0.1, 0.15) is 0 Å². The fourth-order valence-electron chi connectivity index (χ4n) is 2.39. The van der Waals surface area contributed by atoms with E-state index in [1.165, 1.54) is 12.5 Å². The minimum atomic E-state index is -4.34. The summed E-state index contributed by atoms with van der Waals surface area (Å²) in [5, 5.41) is 0. The first-order chi connectivity index (χ1) is 8.91. The zero-order chi connectivity index (χ0) is 14.0. The molecule has 1 saturated carbocycles. The molecule has 2 rings (SSSR count). The number of alkyl halides is 4. The SMILES string of the molecule is CN(CC1CCC1)c1ccc(CCl)cc1C(F)(F)F. The number of anilines is 1. The molecule has 1 nitrogen and oxygen atoms in total. The van der Waals surface area contributed by atoms with E-state index in [4.69, 9.17) is 11.6 Å². The van der Waals surface area contributed by atoms with Crippen LogP contribution in [0.5, 0.6) is 0 Å². The predicted molar refractivity (Wildman–Crippen MR) is 71.6 cm³/mol. The number of nitrogens with zero attached hydrogens (tertiary/aromatic N) is 1. The Bertz CT molecular complexity index is 441. The Morgan fingerprint density at radius 3 is 2.47 bits per heavy atom. The minimum Gasteiger partial charge on any atom is -0.374 e. The Morgan fingerprint density at radius 1 is 1.32 bits per heavy atom. The maximum atomic E-state index is 13.1. The Hall–Kier alpha value is -0.900. The van der Waals surface area contributed by atoms with Crippen molar-refractivity contribution >= 4 is 17.3 Å². The first kappa shape index (κ1) is 14.5. The lowest BCUT2D eigenvalue weighted by Crippen LogP contribution is -2.30. The third-order valence-corrected chi connectivity index (χ3v) is 4.00. The highest BCUT2D eigenvalue weighted by Gasteiger charge is 2.35. The Morgan fingerprint density at radius 2 is 2.00 bits per heavy atom. The van der Waals surface area contributed by atoms with Crippen molar-refractivity contribution in [3.8, 4) is 0 Å².